The van der Waals surface area contributed by atoms with Crippen LogP contribution < -0.4 is 0 Å². The van der Waals surface area contributed by atoms with E-state index in [1.54, 1.807) is 11.8 Å². The summed E-state index contributed by atoms with van der Waals surface area (Å²) in [6.45, 7) is 5.73. The fourth-order valence-electron chi connectivity index (χ4n) is 2.13. The first kappa shape index (κ1) is 13.8. The van der Waals surface area contributed by atoms with Crippen LogP contribution in [-0.4, -0.2) is 53.1 Å². The molecule has 1 unspecified atom stereocenters. The van der Waals surface area contributed by atoms with Crippen molar-refractivity contribution in [3.8, 4) is 0 Å². The second-order valence-electron chi connectivity index (χ2n) is 4.71. The van der Waals surface area contributed by atoms with Crippen LogP contribution in [0.5, 0.6) is 0 Å². The summed E-state index contributed by atoms with van der Waals surface area (Å²) in [7, 11) is 0. The van der Waals surface area contributed by atoms with Crippen LogP contribution >= 0.6 is 0 Å². The molecule has 0 aromatic carbocycles. The van der Waals surface area contributed by atoms with Crippen molar-refractivity contribution < 1.29 is 14.7 Å². The lowest BCUT2D eigenvalue weighted by Crippen LogP contribution is -2.45. The van der Waals surface area contributed by atoms with E-state index in [9.17, 15) is 9.59 Å². The summed E-state index contributed by atoms with van der Waals surface area (Å²) in [6.07, 6.45) is 3.17. The van der Waals surface area contributed by atoms with Gasteiger partial charge in [0.25, 0.3) is 0 Å². The zero-order valence-corrected chi connectivity index (χ0v) is 10.7. The maximum absolute atomic E-state index is 12.1. The molecule has 0 radical (unpaired) electrons. The van der Waals surface area contributed by atoms with Crippen molar-refractivity contribution in [1.29, 1.82) is 0 Å². The van der Waals surface area contributed by atoms with Gasteiger partial charge in [-0.1, -0.05) is 6.92 Å². The second kappa shape index (κ2) is 6.47. The van der Waals surface area contributed by atoms with Gasteiger partial charge in [0.05, 0.1) is 0 Å². The number of hydrogen-bond donors (Lipinski definition) is 1. The first-order valence-electron chi connectivity index (χ1n) is 6.30. The van der Waals surface area contributed by atoms with E-state index in [1.807, 2.05) is 0 Å². The zero-order valence-electron chi connectivity index (χ0n) is 10.7. The third kappa shape index (κ3) is 4.24. The molecule has 0 aromatic rings. The van der Waals surface area contributed by atoms with Crippen molar-refractivity contribution in [1.82, 2.24) is 9.80 Å². The molecule has 1 N–H and O–H groups in total. The van der Waals surface area contributed by atoms with Crippen LogP contribution in [0.2, 0.25) is 0 Å². The maximum atomic E-state index is 12.1. The number of nitrogens with zero attached hydrogens (tertiary/aromatic N) is 2. The molecule has 1 saturated heterocycles. The normalized spacial score (nSPS) is 20.8. The number of hydrogen-bond acceptors (Lipinski definition) is 2. The van der Waals surface area contributed by atoms with Crippen LogP contribution in [-0.2, 0) is 4.79 Å². The average molecular weight is 242 g/mol. The third-order valence-corrected chi connectivity index (χ3v) is 3.27. The Hall–Kier alpha value is -1.26. The fraction of sp³-hybridized carbons (Fsp3) is 0.833. The molecule has 1 aliphatic rings. The van der Waals surface area contributed by atoms with Crippen LogP contribution in [0, 0.1) is 5.92 Å². The lowest BCUT2D eigenvalue weighted by molar-refractivity contribution is -0.137. The highest BCUT2D eigenvalue weighted by molar-refractivity contribution is 5.80. The lowest BCUT2D eigenvalue weighted by atomic mass is 10.0. The Morgan fingerprint density at radius 3 is 2.65 bits per heavy atom. The molecule has 5 heteroatoms. The van der Waals surface area contributed by atoms with Gasteiger partial charge in [-0.05, 0) is 32.1 Å². The zero-order chi connectivity index (χ0) is 12.8. The summed E-state index contributed by atoms with van der Waals surface area (Å²) in [4.78, 5) is 26.0. The van der Waals surface area contributed by atoms with Crippen molar-refractivity contribution in [3.63, 3.8) is 0 Å². The van der Waals surface area contributed by atoms with E-state index in [4.69, 9.17) is 5.11 Å². The molecule has 0 spiro atoms. The predicted molar refractivity (Wildman–Crippen MR) is 64.9 cm³/mol. The molecule has 0 bridgehead atoms. The quantitative estimate of drug-likeness (QED) is 0.818. The van der Waals surface area contributed by atoms with E-state index in [-0.39, 0.29) is 12.6 Å². The van der Waals surface area contributed by atoms with Gasteiger partial charge < -0.3 is 14.9 Å². The minimum Gasteiger partial charge on any atom is -0.480 e. The Bertz CT molecular complexity index is 281. The molecule has 1 rings (SSSR count). The Balaban J connectivity index is 2.57. The Morgan fingerprint density at radius 2 is 2.06 bits per heavy atom. The summed E-state index contributed by atoms with van der Waals surface area (Å²) in [5.74, 6) is -0.300. The van der Waals surface area contributed by atoms with Crippen LogP contribution in [0.4, 0.5) is 4.79 Å². The molecular weight excluding hydrogens is 220 g/mol. The standard InChI is InChI=1S/C12H22N2O3/c1-3-13(9-11(15)16)12(17)14-7-4-5-10(2)6-8-14/h10H,3-9H2,1-2H3,(H,15,16). The van der Waals surface area contributed by atoms with Crippen LogP contribution in [0.1, 0.15) is 33.1 Å². The topological polar surface area (TPSA) is 60.9 Å². The molecule has 1 heterocycles. The molecule has 0 aliphatic carbocycles. The number of likely N-dealkylation sites (N-methyl/N-ethyl adjacent to an activating group) is 1. The van der Waals surface area contributed by atoms with E-state index in [0.717, 1.165) is 32.4 Å². The van der Waals surface area contributed by atoms with E-state index in [0.29, 0.717) is 12.5 Å². The van der Waals surface area contributed by atoms with E-state index >= 15 is 0 Å². The van der Waals surface area contributed by atoms with E-state index < -0.39 is 5.97 Å². The first-order valence-corrected chi connectivity index (χ1v) is 6.30. The molecule has 1 fully saturated rings. The van der Waals surface area contributed by atoms with Crippen LogP contribution in [0.25, 0.3) is 0 Å². The van der Waals surface area contributed by atoms with Crippen molar-refractivity contribution in [3.05, 3.63) is 0 Å². The molecule has 2 amide bonds. The molecule has 1 atom stereocenters. The summed E-state index contributed by atoms with van der Waals surface area (Å²) in [5, 5.41) is 8.75. The van der Waals surface area contributed by atoms with Gasteiger partial charge in [-0.3, -0.25) is 4.79 Å². The summed E-state index contributed by atoms with van der Waals surface area (Å²) < 4.78 is 0. The molecular formula is C12H22N2O3. The number of rotatable bonds is 3. The SMILES string of the molecule is CCN(CC(=O)O)C(=O)N1CCCC(C)CC1. The average Bonchev–Trinajstić information content (AvgIpc) is 2.49. The maximum Gasteiger partial charge on any atom is 0.323 e. The Labute approximate surface area is 102 Å². The van der Waals surface area contributed by atoms with Gasteiger partial charge in [-0.25, -0.2) is 4.79 Å². The number of carbonyl (C=O) groups is 2. The number of carbonyl (C=O) groups excluding carboxylic acids is 1. The summed E-state index contributed by atoms with van der Waals surface area (Å²) >= 11 is 0. The number of carboxylic acids is 1. The summed E-state index contributed by atoms with van der Waals surface area (Å²) in [6, 6.07) is -0.135. The summed E-state index contributed by atoms with van der Waals surface area (Å²) in [5.41, 5.74) is 0. The van der Waals surface area contributed by atoms with Gasteiger partial charge in [0.15, 0.2) is 0 Å². The molecule has 0 aromatic heterocycles. The minimum atomic E-state index is -0.955. The Morgan fingerprint density at radius 1 is 1.35 bits per heavy atom. The molecule has 5 nitrogen and oxygen atoms in total. The molecule has 1 aliphatic heterocycles. The van der Waals surface area contributed by atoms with Crippen molar-refractivity contribution >= 4 is 12.0 Å². The number of aliphatic carboxylic acids is 1. The third-order valence-electron chi connectivity index (χ3n) is 3.27. The second-order valence-corrected chi connectivity index (χ2v) is 4.71. The smallest absolute Gasteiger partial charge is 0.323 e. The monoisotopic (exact) mass is 242 g/mol. The van der Waals surface area contributed by atoms with Gasteiger partial charge in [0.1, 0.15) is 6.54 Å². The van der Waals surface area contributed by atoms with Crippen LogP contribution in [0.3, 0.4) is 0 Å². The highest BCUT2D eigenvalue weighted by Crippen LogP contribution is 2.17. The number of amides is 2. The van der Waals surface area contributed by atoms with Crippen LogP contribution in [0.15, 0.2) is 0 Å². The number of likely N-dealkylation sites (tertiary alicyclic amines) is 1. The highest BCUT2D eigenvalue weighted by atomic mass is 16.4. The van der Waals surface area contributed by atoms with Gasteiger partial charge in [0.2, 0.25) is 0 Å². The number of urea groups is 1. The molecule has 0 saturated carbocycles. The predicted octanol–water partition coefficient (Wildman–Crippen LogP) is 1.63. The van der Waals surface area contributed by atoms with Crippen molar-refractivity contribution in [2.45, 2.75) is 33.1 Å². The minimum absolute atomic E-state index is 0.135. The van der Waals surface area contributed by atoms with Gasteiger partial charge in [0, 0.05) is 19.6 Å². The van der Waals surface area contributed by atoms with E-state index in [1.165, 1.54) is 4.90 Å². The van der Waals surface area contributed by atoms with Gasteiger partial charge in [-0.2, -0.15) is 0 Å². The lowest BCUT2D eigenvalue weighted by Gasteiger charge is -2.28. The highest BCUT2D eigenvalue weighted by Gasteiger charge is 2.23. The van der Waals surface area contributed by atoms with E-state index in [2.05, 4.69) is 6.92 Å². The van der Waals surface area contributed by atoms with Crippen molar-refractivity contribution in [2.75, 3.05) is 26.2 Å². The first-order chi connectivity index (χ1) is 8.04. The molecule has 17 heavy (non-hydrogen) atoms. The van der Waals surface area contributed by atoms with Gasteiger partial charge in [-0.15, -0.1) is 0 Å². The van der Waals surface area contributed by atoms with Gasteiger partial charge >= 0.3 is 12.0 Å². The Kier molecular flexibility index (Phi) is 5.25. The molecule has 98 valence electrons. The largest absolute Gasteiger partial charge is 0.480 e. The van der Waals surface area contributed by atoms with Crippen molar-refractivity contribution in [2.24, 2.45) is 5.92 Å². The fourth-order valence-corrected chi connectivity index (χ4v) is 2.13. The number of carboxylic acid groups (broad SMARTS) is 1.